The van der Waals surface area contributed by atoms with E-state index in [1.54, 1.807) is 0 Å². The lowest BCUT2D eigenvalue weighted by Crippen LogP contribution is -2.25. The zero-order chi connectivity index (χ0) is 30.1. The van der Waals surface area contributed by atoms with Gasteiger partial charge in [-0.2, -0.15) is 0 Å². The lowest BCUT2D eigenvalue weighted by molar-refractivity contribution is -0.149. The van der Waals surface area contributed by atoms with Crippen molar-refractivity contribution in [1.29, 1.82) is 0 Å². The van der Waals surface area contributed by atoms with E-state index in [0.717, 1.165) is 43.4 Å². The minimum Gasteiger partial charge on any atom is -0.489 e. The topological polar surface area (TPSA) is 35.5 Å². The SMILES string of the molecule is CCCCCCCCCCc1ccc(-c2ccc(COc3ccc4c(c3)CCC(C(=O)OCCCCCC)C4)cc2)cc1. The minimum atomic E-state index is -0.0272. The van der Waals surface area contributed by atoms with E-state index in [1.807, 2.05) is 6.07 Å². The summed E-state index contributed by atoms with van der Waals surface area (Å²) >= 11 is 0. The number of ether oxygens (including phenoxy) is 2. The Morgan fingerprint density at radius 2 is 1.28 bits per heavy atom. The Kier molecular flexibility index (Phi) is 14.2. The smallest absolute Gasteiger partial charge is 0.309 e. The van der Waals surface area contributed by atoms with Gasteiger partial charge in [-0.05, 0) is 84.0 Å². The Labute approximate surface area is 261 Å². The van der Waals surface area contributed by atoms with Crippen LogP contribution >= 0.6 is 0 Å². The molecule has 0 saturated heterocycles. The maximum atomic E-state index is 12.5. The highest BCUT2D eigenvalue weighted by atomic mass is 16.5. The van der Waals surface area contributed by atoms with Crippen LogP contribution in [0.15, 0.2) is 66.7 Å². The Morgan fingerprint density at radius 3 is 1.95 bits per heavy atom. The van der Waals surface area contributed by atoms with Gasteiger partial charge >= 0.3 is 5.97 Å². The van der Waals surface area contributed by atoms with Crippen molar-refractivity contribution in [3.8, 4) is 16.9 Å². The summed E-state index contributed by atoms with van der Waals surface area (Å²) in [5.74, 6) is 0.850. The maximum absolute atomic E-state index is 12.5. The molecule has 0 N–H and O–H groups in total. The second-order valence-corrected chi connectivity index (χ2v) is 12.5. The molecule has 0 heterocycles. The zero-order valence-corrected chi connectivity index (χ0v) is 26.9. The number of carbonyl (C=O) groups is 1. The highest BCUT2D eigenvalue weighted by Crippen LogP contribution is 2.30. The van der Waals surface area contributed by atoms with Gasteiger partial charge in [-0.1, -0.05) is 133 Å². The summed E-state index contributed by atoms with van der Waals surface area (Å²) in [5.41, 5.74) is 7.66. The van der Waals surface area contributed by atoms with Gasteiger partial charge in [0.25, 0.3) is 0 Å². The van der Waals surface area contributed by atoms with Crippen molar-refractivity contribution in [3.05, 3.63) is 89.0 Å². The molecule has 3 heteroatoms. The van der Waals surface area contributed by atoms with Gasteiger partial charge in [-0.25, -0.2) is 0 Å². The average Bonchev–Trinajstić information content (AvgIpc) is 3.05. The number of rotatable bonds is 19. The largest absolute Gasteiger partial charge is 0.489 e. The van der Waals surface area contributed by atoms with Crippen LogP contribution in [0.25, 0.3) is 11.1 Å². The van der Waals surface area contributed by atoms with Crippen molar-refractivity contribution in [2.75, 3.05) is 6.61 Å². The quantitative estimate of drug-likeness (QED) is 0.104. The molecule has 3 aromatic carbocycles. The van der Waals surface area contributed by atoms with Crippen LogP contribution in [0.4, 0.5) is 0 Å². The number of esters is 1. The average molecular weight is 583 g/mol. The predicted molar refractivity (Wildman–Crippen MR) is 180 cm³/mol. The van der Waals surface area contributed by atoms with E-state index < -0.39 is 0 Å². The summed E-state index contributed by atoms with van der Waals surface area (Å²) in [7, 11) is 0. The fourth-order valence-electron chi connectivity index (χ4n) is 6.13. The third-order valence-electron chi connectivity index (χ3n) is 8.95. The molecule has 0 aliphatic heterocycles. The van der Waals surface area contributed by atoms with Crippen LogP contribution in [-0.2, 0) is 35.4 Å². The van der Waals surface area contributed by atoms with Crippen LogP contribution in [0.3, 0.4) is 0 Å². The van der Waals surface area contributed by atoms with Crippen molar-refractivity contribution in [2.24, 2.45) is 5.92 Å². The van der Waals surface area contributed by atoms with Gasteiger partial charge in [-0.15, -0.1) is 0 Å². The molecule has 1 aliphatic carbocycles. The van der Waals surface area contributed by atoms with Gasteiger partial charge in [0.1, 0.15) is 12.4 Å². The fraction of sp³-hybridized carbons (Fsp3) is 0.525. The summed E-state index contributed by atoms with van der Waals surface area (Å²) in [4.78, 5) is 12.5. The molecule has 0 spiro atoms. The molecule has 232 valence electrons. The second kappa shape index (κ2) is 18.6. The lowest BCUT2D eigenvalue weighted by atomic mass is 9.84. The molecule has 3 nitrogen and oxygen atoms in total. The van der Waals surface area contributed by atoms with Crippen LogP contribution in [0.2, 0.25) is 0 Å². The van der Waals surface area contributed by atoms with Crippen molar-refractivity contribution in [1.82, 2.24) is 0 Å². The molecule has 3 aromatic rings. The molecule has 0 fully saturated rings. The Morgan fingerprint density at radius 1 is 0.674 bits per heavy atom. The predicted octanol–water partition coefficient (Wildman–Crippen LogP) is 10.8. The molecular formula is C40H54O3. The van der Waals surface area contributed by atoms with Gasteiger partial charge in [0, 0.05) is 0 Å². The van der Waals surface area contributed by atoms with E-state index in [0.29, 0.717) is 13.2 Å². The van der Waals surface area contributed by atoms with Gasteiger partial charge < -0.3 is 9.47 Å². The third kappa shape index (κ3) is 11.2. The van der Waals surface area contributed by atoms with E-state index in [-0.39, 0.29) is 11.9 Å². The van der Waals surface area contributed by atoms with Crippen molar-refractivity contribution >= 4 is 5.97 Å². The van der Waals surface area contributed by atoms with Crippen molar-refractivity contribution < 1.29 is 14.3 Å². The number of hydrogen-bond donors (Lipinski definition) is 0. The normalized spacial score (nSPS) is 14.3. The van der Waals surface area contributed by atoms with E-state index in [4.69, 9.17) is 9.47 Å². The van der Waals surface area contributed by atoms with Crippen LogP contribution in [0, 0.1) is 5.92 Å². The lowest BCUT2D eigenvalue weighted by Gasteiger charge is -2.24. The Balaban J connectivity index is 1.18. The number of fused-ring (bicyclic) bond motifs is 1. The molecule has 1 atom stereocenters. The van der Waals surface area contributed by atoms with Crippen LogP contribution in [0.1, 0.15) is 120 Å². The Hall–Kier alpha value is -3.07. The molecule has 4 rings (SSSR count). The first kappa shape index (κ1) is 32.8. The Bertz CT molecular complexity index is 1210. The number of aryl methyl sites for hydroxylation is 2. The van der Waals surface area contributed by atoms with Gasteiger partial charge in [0.2, 0.25) is 0 Å². The maximum Gasteiger partial charge on any atom is 0.309 e. The molecule has 0 amide bonds. The van der Waals surface area contributed by atoms with Gasteiger partial charge in [0.15, 0.2) is 0 Å². The van der Waals surface area contributed by atoms with E-state index in [2.05, 4.69) is 74.5 Å². The van der Waals surface area contributed by atoms with Gasteiger partial charge in [0.05, 0.1) is 12.5 Å². The first-order valence-electron chi connectivity index (χ1n) is 17.3. The van der Waals surface area contributed by atoms with Crippen molar-refractivity contribution in [3.63, 3.8) is 0 Å². The summed E-state index contributed by atoms with van der Waals surface area (Å²) in [6.07, 6.45) is 19.1. The molecule has 0 radical (unpaired) electrons. The third-order valence-corrected chi connectivity index (χ3v) is 8.95. The molecule has 0 saturated carbocycles. The molecule has 1 aliphatic rings. The molecule has 0 aromatic heterocycles. The number of carbonyl (C=O) groups excluding carboxylic acids is 1. The van der Waals surface area contributed by atoms with Crippen LogP contribution < -0.4 is 4.74 Å². The molecule has 43 heavy (non-hydrogen) atoms. The molecular weight excluding hydrogens is 528 g/mol. The second-order valence-electron chi connectivity index (χ2n) is 12.5. The molecule has 1 unspecified atom stereocenters. The number of benzene rings is 3. The summed E-state index contributed by atoms with van der Waals surface area (Å²) in [6.45, 7) is 5.57. The summed E-state index contributed by atoms with van der Waals surface area (Å²) in [6, 6.07) is 24.2. The number of hydrogen-bond acceptors (Lipinski definition) is 3. The highest BCUT2D eigenvalue weighted by Gasteiger charge is 2.26. The molecule has 0 bridgehead atoms. The van der Waals surface area contributed by atoms with Gasteiger partial charge in [-0.3, -0.25) is 4.79 Å². The standard InChI is InChI=1S/C40H54O3/c1-3-5-7-9-10-11-12-13-15-32-16-20-34(21-17-32)35-22-18-33(19-23-35)31-43-39-27-26-36-29-38(25-24-37(36)30-39)40(41)42-28-14-8-6-4-2/h16-23,26-27,30,38H,3-15,24-25,28-29,31H2,1-2H3. The van der Waals surface area contributed by atoms with Crippen LogP contribution in [0.5, 0.6) is 5.75 Å². The monoisotopic (exact) mass is 582 g/mol. The van der Waals surface area contributed by atoms with Crippen LogP contribution in [-0.4, -0.2) is 12.6 Å². The summed E-state index contributed by atoms with van der Waals surface area (Å²) in [5, 5.41) is 0. The first-order chi connectivity index (χ1) is 21.2. The highest BCUT2D eigenvalue weighted by molar-refractivity contribution is 5.73. The zero-order valence-electron chi connectivity index (χ0n) is 26.9. The fourth-order valence-corrected chi connectivity index (χ4v) is 6.13. The van der Waals surface area contributed by atoms with E-state index in [9.17, 15) is 4.79 Å². The number of unbranched alkanes of at least 4 members (excludes halogenated alkanes) is 10. The van der Waals surface area contributed by atoms with E-state index in [1.165, 1.54) is 98.4 Å². The van der Waals surface area contributed by atoms with Crippen molar-refractivity contribution in [2.45, 2.75) is 123 Å². The first-order valence-corrected chi connectivity index (χ1v) is 17.3. The minimum absolute atomic E-state index is 0.0185. The summed E-state index contributed by atoms with van der Waals surface area (Å²) < 4.78 is 11.7. The van der Waals surface area contributed by atoms with E-state index >= 15 is 0 Å².